The fourth-order valence-corrected chi connectivity index (χ4v) is 3.23. The standard InChI is InChI=1S/C22H32N2O6/c1-6-28-19(26)13-23(5)22(15-24(16-22)20(27)30-21(2,3)4)12-18(25)29-14-17-10-8-7-9-11-17/h7-11H,6,12-16H2,1-5H3. The van der Waals surface area contributed by atoms with Crippen molar-refractivity contribution in [3.05, 3.63) is 35.9 Å². The minimum absolute atomic E-state index is 0.0158. The lowest BCUT2D eigenvalue weighted by molar-refractivity contribution is -0.157. The van der Waals surface area contributed by atoms with Gasteiger partial charge in [-0.15, -0.1) is 0 Å². The average Bonchev–Trinajstić information content (AvgIpc) is 2.62. The number of amides is 1. The third kappa shape index (κ3) is 6.73. The Kier molecular flexibility index (Phi) is 7.83. The van der Waals surface area contributed by atoms with Gasteiger partial charge in [-0.2, -0.15) is 0 Å². The Balaban J connectivity index is 2.02. The largest absolute Gasteiger partial charge is 0.465 e. The van der Waals surface area contributed by atoms with Crippen LogP contribution in [0.3, 0.4) is 0 Å². The van der Waals surface area contributed by atoms with Crippen LogP contribution in [0.2, 0.25) is 0 Å². The molecule has 1 saturated heterocycles. The second-order valence-corrected chi connectivity index (χ2v) is 8.54. The molecule has 8 nitrogen and oxygen atoms in total. The maximum atomic E-state index is 12.5. The van der Waals surface area contributed by atoms with Crippen LogP contribution in [-0.4, -0.2) is 72.3 Å². The SMILES string of the molecule is CCOC(=O)CN(C)C1(CC(=O)OCc2ccccc2)CN(C(=O)OC(C)(C)C)C1. The third-order valence-electron chi connectivity index (χ3n) is 4.82. The summed E-state index contributed by atoms with van der Waals surface area (Å²) in [6.45, 7) is 8.12. The molecule has 0 saturated carbocycles. The summed E-state index contributed by atoms with van der Waals surface area (Å²) in [5, 5.41) is 0. The third-order valence-corrected chi connectivity index (χ3v) is 4.82. The van der Waals surface area contributed by atoms with Crippen molar-refractivity contribution in [1.82, 2.24) is 9.80 Å². The normalized spacial score (nSPS) is 15.3. The lowest BCUT2D eigenvalue weighted by Crippen LogP contribution is -2.72. The molecule has 0 spiro atoms. The Bertz CT molecular complexity index is 738. The summed E-state index contributed by atoms with van der Waals surface area (Å²) in [6, 6.07) is 9.40. The number of ether oxygens (including phenoxy) is 3. The molecule has 2 rings (SSSR count). The molecule has 1 aromatic rings. The molecule has 0 unspecified atom stereocenters. The van der Waals surface area contributed by atoms with Gasteiger partial charge in [0, 0.05) is 13.1 Å². The smallest absolute Gasteiger partial charge is 0.410 e. The first-order chi connectivity index (χ1) is 14.0. The maximum absolute atomic E-state index is 12.5. The first-order valence-electron chi connectivity index (χ1n) is 10.1. The average molecular weight is 421 g/mol. The number of rotatable bonds is 8. The zero-order chi connectivity index (χ0) is 22.4. The molecular formula is C22H32N2O6. The molecule has 1 fully saturated rings. The predicted molar refractivity (Wildman–Crippen MR) is 111 cm³/mol. The zero-order valence-corrected chi connectivity index (χ0v) is 18.5. The number of hydrogen-bond donors (Lipinski definition) is 0. The lowest BCUT2D eigenvalue weighted by atomic mass is 9.84. The molecule has 0 atom stereocenters. The van der Waals surface area contributed by atoms with Gasteiger partial charge >= 0.3 is 18.0 Å². The van der Waals surface area contributed by atoms with Crippen LogP contribution in [0.4, 0.5) is 4.79 Å². The summed E-state index contributed by atoms with van der Waals surface area (Å²) >= 11 is 0. The second kappa shape index (κ2) is 9.93. The monoisotopic (exact) mass is 420 g/mol. The van der Waals surface area contributed by atoms with E-state index in [-0.39, 0.29) is 45.2 Å². The lowest BCUT2D eigenvalue weighted by Gasteiger charge is -2.53. The van der Waals surface area contributed by atoms with Crippen LogP contribution in [0.25, 0.3) is 0 Å². The highest BCUT2D eigenvalue weighted by Crippen LogP contribution is 2.32. The quantitative estimate of drug-likeness (QED) is 0.472. The molecule has 30 heavy (non-hydrogen) atoms. The van der Waals surface area contributed by atoms with Crippen LogP contribution in [0, 0.1) is 0 Å². The molecule has 0 aromatic heterocycles. The van der Waals surface area contributed by atoms with E-state index in [4.69, 9.17) is 14.2 Å². The molecule has 1 aromatic carbocycles. The van der Waals surface area contributed by atoms with Gasteiger partial charge in [0.1, 0.15) is 12.2 Å². The Morgan fingerprint density at radius 2 is 1.70 bits per heavy atom. The number of carbonyl (C=O) groups is 3. The molecule has 0 aliphatic carbocycles. The minimum atomic E-state index is -0.711. The molecule has 166 valence electrons. The Morgan fingerprint density at radius 1 is 1.07 bits per heavy atom. The Hall–Kier alpha value is -2.61. The van der Waals surface area contributed by atoms with Gasteiger partial charge in [0.2, 0.25) is 0 Å². The second-order valence-electron chi connectivity index (χ2n) is 8.54. The summed E-state index contributed by atoms with van der Waals surface area (Å²) < 4.78 is 15.9. The van der Waals surface area contributed by atoms with Crippen molar-refractivity contribution in [2.45, 2.75) is 51.9 Å². The van der Waals surface area contributed by atoms with Crippen LogP contribution >= 0.6 is 0 Å². The predicted octanol–water partition coefficient (Wildman–Crippen LogP) is 2.60. The van der Waals surface area contributed by atoms with Gasteiger partial charge in [0.25, 0.3) is 0 Å². The molecule has 1 aliphatic rings. The fourth-order valence-electron chi connectivity index (χ4n) is 3.23. The first-order valence-corrected chi connectivity index (χ1v) is 10.1. The fraction of sp³-hybridized carbons (Fsp3) is 0.591. The van der Waals surface area contributed by atoms with E-state index in [1.165, 1.54) is 4.90 Å². The van der Waals surface area contributed by atoms with Crippen molar-refractivity contribution in [3.8, 4) is 0 Å². The van der Waals surface area contributed by atoms with Gasteiger partial charge in [0.15, 0.2) is 0 Å². The number of carbonyl (C=O) groups excluding carboxylic acids is 3. The van der Waals surface area contributed by atoms with E-state index < -0.39 is 23.2 Å². The molecular weight excluding hydrogens is 388 g/mol. The van der Waals surface area contributed by atoms with Gasteiger partial charge in [-0.1, -0.05) is 30.3 Å². The van der Waals surface area contributed by atoms with E-state index in [1.807, 2.05) is 30.3 Å². The number of likely N-dealkylation sites (N-methyl/N-ethyl adjacent to an activating group) is 1. The van der Waals surface area contributed by atoms with Crippen LogP contribution in [0.1, 0.15) is 39.7 Å². The summed E-state index contributed by atoms with van der Waals surface area (Å²) in [4.78, 5) is 40.1. The number of nitrogens with zero attached hydrogens (tertiary/aromatic N) is 2. The molecule has 0 N–H and O–H groups in total. The number of benzene rings is 1. The summed E-state index contributed by atoms with van der Waals surface area (Å²) in [5.41, 5.74) is -0.429. The van der Waals surface area contributed by atoms with Crippen LogP contribution in [-0.2, 0) is 30.4 Å². The van der Waals surface area contributed by atoms with Gasteiger partial charge in [-0.25, -0.2) is 4.79 Å². The van der Waals surface area contributed by atoms with E-state index >= 15 is 0 Å². The highest BCUT2D eigenvalue weighted by atomic mass is 16.6. The molecule has 1 amide bonds. The van der Waals surface area contributed by atoms with Crippen molar-refractivity contribution < 1.29 is 28.6 Å². The van der Waals surface area contributed by atoms with Crippen LogP contribution < -0.4 is 0 Å². The molecule has 0 bridgehead atoms. The molecule has 0 radical (unpaired) electrons. The maximum Gasteiger partial charge on any atom is 0.410 e. The summed E-state index contributed by atoms with van der Waals surface area (Å²) in [5.74, 6) is -0.772. The van der Waals surface area contributed by atoms with Crippen LogP contribution in [0.5, 0.6) is 0 Å². The van der Waals surface area contributed by atoms with Crippen molar-refractivity contribution in [1.29, 1.82) is 0 Å². The van der Waals surface area contributed by atoms with Crippen molar-refractivity contribution >= 4 is 18.0 Å². The first kappa shape index (κ1) is 23.7. The Morgan fingerprint density at radius 3 is 2.27 bits per heavy atom. The van der Waals surface area contributed by atoms with Crippen LogP contribution in [0.15, 0.2) is 30.3 Å². The summed E-state index contributed by atoms with van der Waals surface area (Å²) in [7, 11) is 1.74. The number of hydrogen-bond acceptors (Lipinski definition) is 7. The summed E-state index contributed by atoms with van der Waals surface area (Å²) in [6.07, 6.45) is -0.394. The molecule has 1 aliphatic heterocycles. The van der Waals surface area contributed by atoms with Gasteiger partial charge < -0.3 is 19.1 Å². The van der Waals surface area contributed by atoms with E-state index in [1.54, 1.807) is 39.6 Å². The van der Waals surface area contributed by atoms with E-state index in [0.29, 0.717) is 0 Å². The topological polar surface area (TPSA) is 85.4 Å². The van der Waals surface area contributed by atoms with E-state index in [2.05, 4.69) is 0 Å². The zero-order valence-electron chi connectivity index (χ0n) is 18.5. The highest BCUT2D eigenvalue weighted by Gasteiger charge is 2.51. The molecule has 8 heteroatoms. The minimum Gasteiger partial charge on any atom is -0.465 e. The molecule has 1 heterocycles. The van der Waals surface area contributed by atoms with E-state index in [9.17, 15) is 14.4 Å². The number of esters is 2. The highest BCUT2D eigenvalue weighted by molar-refractivity contribution is 5.75. The van der Waals surface area contributed by atoms with Crippen molar-refractivity contribution in [2.24, 2.45) is 0 Å². The Labute approximate surface area is 178 Å². The van der Waals surface area contributed by atoms with Gasteiger partial charge in [0.05, 0.1) is 25.1 Å². The van der Waals surface area contributed by atoms with Crippen molar-refractivity contribution in [3.63, 3.8) is 0 Å². The number of likely N-dealkylation sites (tertiary alicyclic amines) is 1. The van der Waals surface area contributed by atoms with Crippen molar-refractivity contribution in [2.75, 3.05) is 33.3 Å². The van der Waals surface area contributed by atoms with Gasteiger partial charge in [-0.05, 0) is 40.3 Å². The van der Waals surface area contributed by atoms with E-state index in [0.717, 1.165) is 5.56 Å². The van der Waals surface area contributed by atoms with Gasteiger partial charge in [-0.3, -0.25) is 14.5 Å².